The van der Waals surface area contributed by atoms with Gasteiger partial charge in [-0.25, -0.2) is 4.98 Å². The van der Waals surface area contributed by atoms with Crippen LogP contribution in [0.4, 0.5) is 0 Å². The Morgan fingerprint density at radius 1 is 1.28 bits per heavy atom. The minimum atomic E-state index is -0.365. The van der Waals surface area contributed by atoms with Gasteiger partial charge in [0.15, 0.2) is 0 Å². The van der Waals surface area contributed by atoms with Crippen LogP contribution in [-0.4, -0.2) is 29.0 Å². The number of ether oxygens (including phenoxy) is 1. The molecule has 0 saturated heterocycles. The average Bonchev–Trinajstić information content (AvgIpc) is 3.28. The number of rotatable bonds is 7. The first-order valence-electron chi connectivity index (χ1n) is 7.99. The second-order valence-corrected chi connectivity index (χ2v) is 6.60. The van der Waals surface area contributed by atoms with Gasteiger partial charge in [-0.2, -0.15) is 0 Å². The fraction of sp³-hybridized carbons (Fsp3) is 0.278. The van der Waals surface area contributed by atoms with E-state index in [0.29, 0.717) is 12.8 Å². The zero-order valence-corrected chi connectivity index (χ0v) is 14.6. The number of thiophene rings is 1. The van der Waals surface area contributed by atoms with Crippen LogP contribution in [0.15, 0.2) is 41.8 Å². The first kappa shape index (κ1) is 17.2. The number of aryl methyl sites for hydroxylation is 1. The molecule has 1 aromatic carbocycles. The smallest absolute Gasteiger partial charge is 0.307 e. The largest absolute Gasteiger partial charge is 0.469 e. The minimum Gasteiger partial charge on any atom is -0.469 e. The quantitative estimate of drug-likeness (QED) is 0.637. The van der Waals surface area contributed by atoms with Crippen LogP contribution in [0, 0.1) is 0 Å². The molecule has 130 valence electrons. The standard InChI is InChI=1S/C18H19N3O3S/c1-24-18(23)11-14(15-7-4-10-25-15)21-17(22)9-8-16-19-12-5-2-3-6-13(12)20-16/h2-7,10,14H,8-9,11H2,1H3,(H,19,20)(H,21,22)/t14-/m1/s1. The van der Waals surface area contributed by atoms with Crippen LogP contribution in [-0.2, 0) is 20.7 Å². The van der Waals surface area contributed by atoms with Crippen molar-refractivity contribution in [1.29, 1.82) is 0 Å². The molecule has 7 heteroatoms. The van der Waals surface area contributed by atoms with E-state index in [2.05, 4.69) is 15.3 Å². The Bertz CT molecular complexity index is 824. The summed E-state index contributed by atoms with van der Waals surface area (Å²) in [6.45, 7) is 0. The summed E-state index contributed by atoms with van der Waals surface area (Å²) in [5.41, 5.74) is 1.85. The maximum Gasteiger partial charge on any atom is 0.307 e. The number of amides is 1. The summed E-state index contributed by atoms with van der Waals surface area (Å²) in [5.74, 6) is 0.302. The fourth-order valence-corrected chi connectivity index (χ4v) is 3.36. The lowest BCUT2D eigenvalue weighted by Crippen LogP contribution is -2.30. The van der Waals surface area contributed by atoms with Gasteiger partial charge >= 0.3 is 5.97 Å². The lowest BCUT2D eigenvalue weighted by molar-refractivity contribution is -0.141. The molecule has 3 rings (SSSR count). The van der Waals surface area contributed by atoms with E-state index < -0.39 is 0 Å². The number of carbonyl (C=O) groups excluding carboxylic acids is 2. The molecule has 2 heterocycles. The Morgan fingerprint density at radius 2 is 2.12 bits per heavy atom. The van der Waals surface area contributed by atoms with Crippen molar-refractivity contribution in [1.82, 2.24) is 15.3 Å². The van der Waals surface area contributed by atoms with Crippen molar-refractivity contribution in [2.75, 3.05) is 7.11 Å². The summed E-state index contributed by atoms with van der Waals surface area (Å²) in [6.07, 6.45) is 0.923. The van der Waals surface area contributed by atoms with Gasteiger partial charge in [0.25, 0.3) is 0 Å². The van der Waals surface area contributed by atoms with Crippen LogP contribution in [0.3, 0.4) is 0 Å². The molecule has 0 unspecified atom stereocenters. The maximum absolute atomic E-state index is 12.3. The first-order valence-corrected chi connectivity index (χ1v) is 8.87. The van der Waals surface area contributed by atoms with Gasteiger partial charge in [0.05, 0.1) is 30.6 Å². The number of nitrogens with one attached hydrogen (secondary N) is 2. The number of carbonyl (C=O) groups is 2. The molecule has 0 aliphatic carbocycles. The van der Waals surface area contributed by atoms with Gasteiger partial charge in [0.1, 0.15) is 5.82 Å². The normalized spacial score (nSPS) is 12.0. The van der Waals surface area contributed by atoms with Gasteiger partial charge in [0, 0.05) is 17.7 Å². The Labute approximate surface area is 149 Å². The number of H-pyrrole nitrogens is 1. The van der Waals surface area contributed by atoms with E-state index in [9.17, 15) is 9.59 Å². The number of benzene rings is 1. The number of methoxy groups -OCH3 is 1. The third-order valence-corrected chi connectivity index (χ3v) is 4.83. The third kappa shape index (κ3) is 4.45. The predicted molar refractivity (Wildman–Crippen MR) is 96.3 cm³/mol. The summed E-state index contributed by atoms with van der Waals surface area (Å²) in [6, 6.07) is 11.2. The monoisotopic (exact) mass is 357 g/mol. The highest BCUT2D eigenvalue weighted by Gasteiger charge is 2.20. The number of aromatic amines is 1. The second-order valence-electron chi connectivity index (χ2n) is 5.62. The van der Waals surface area contributed by atoms with E-state index in [1.54, 1.807) is 0 Å². The topological polar surface area (TPSA) is 84.1 Å². The highest BCUT2D eigenvalue weighted by Crippen LogP contribution is 2.22. The molecule has 6 nitrogen and oxygen atoms in total. The molecule has 0 spiro atoms. The van der Waals surface area contributed by atoms with Crippen molar-refractivity contribution in [2.45, 2.75) is 25.3 Å². The molecule has 3 aromatic rings. The summed E-state index contributed by atoms with van der Waals surface area (Å²) in [5, 5.41) is 4.83. The van der Waals surface area contributed by atoms with Crippen LogP contribution in [0.25, 0.3) is 11.0 Å². The van der Waals surface area contributed by atoms with Crippen molar-refractivity contribution in [3.8, 4) is 0 Å². The van der Waals surface area contributed by atoms with E-state index >= 15 is 0 Å². The Morgan fingerprint density at radius 3 is 2.84 bits per heavy atom. The molecule has 1 atom stereocenters. The number of aromatic nitrogens is 2. The number of para-hydroxylation sites is 2. The van der Waals surface area contributed by atoms with E-state index in [4.69, 9.17) is 4.74 Å². The Hall–Kier alpha value is -2.67. The van der Waals surface area contributed by atoms with Crippen molar-refractivity contribution in [2.24, 2.45) is 0 Å². The summed E-state index contributed by atoms with van der Waals surface area (Å²) >= 11 is 1.50. The highest BCUT2D eigenvalue weighted by molar-refractivity contribution is 7.10. The molecule has 0 saturated carbocycles. The third-order valence-electron chi connectivity index (χ3n) is 3.85. The minimum absolute atomic E-state index is 0.118. The maximum atomic E-state index is 12.3. The van der Waals surface area contributed by atoms with Crippen LogP contribution >= 0.6 is 11.3 Å². The van der Waals surface area contributed by atoms with Gasteiger partial charge in [-0.05, 0) is 23.6 Å². The van der Waals surface area contributed by atoms with Gasteiger partial charge in [-0.3, -0.25) is 9.59 Å². The van der Waals surface area contributed by atoms with Crippen LogP contribution < -0.4 is 5.32 Å². The number of esters is 1. The molecular weight excluding hydrogens is 338 g/mol. The fourth-order valence-electron chi connectivity index (χ4n) is 2.58. The van der Waals surface area contributed by atoms with E-state index in [1.165, 1.54) is 18.4 Å². The van der Waals surface area contributed by atoms with Gasteiger partial charge in [-0.15, -0.1) is 11.3 Å². The van der Waals surface area contributed by atoms with Gasteiger partial charge < -0.3 is 15.0 Å². The second kappa shape index (κ2) is 7.94. The molecule has 2 N–H and O–H groups in total. The lowest BCUT2D eigenvalue weighted by Gasteiger charge is -2.16. The molecule has 0 aliphatic heterocycles. The van der Waals surface area contributed by atoms with Crippen LogP contribution in [0.5, 0.6) is 0 Å². The predicted octanol–water partition coefficient (Wildman–Crippen LogP) is 2.98. The Kier molecular flexibility index (Phi) is 5.45. The molecule has 1 amide bonds. The number of hydrogen-bond acceptors (Lipinski definition) is 5. The summed E-state index contributed by atoms with van der Waals surface area (Å²) in [4.78, 5) is 32.5. The molecule has 25 heavy (non-hydrogen) atoms. The van der Waals surface area contributed by atoms with Crippen molar-refractivity contribution < 1.29 is 14.3 Å². The molecule has 2 aromatic heterocycles. The van der Waals surface area contributed by atoms with E-state index in [-0.39, 0.29) is 24.3 Å². The van der Waals surface area contributed by atoms with Crippen molar-refractivity contribution >= 4 is 34.2 Å². The van der Waals surface area contributed by atoms with E-state index in [0.717, 1.165) is 21.7 Å². The first-order chi connectivity index (χ1) is 12.2. The average molecular weight is 357 g/mol. The molecular formula is C18H19N3O3S. The molecule has 0 aliphatic rings. The van der Waals surface area contributed by atoms with Crippen molar-refractivity contribution in [3.63, 3.8) is 0 Å². The number of hydrogen-bond donors (Lipinski definition) is 2. The zero-order chi connectivity index (χ0) is 17.6. The van der Waals surface area contributed by atoms with Crippen LogP contribution in [0.2, 0.25) is 0 Å². The van der Waals surface area contributed by atoms with E-state index in [1.807, 2.05) is 41.8 Å². The van der Waals surface area contributed by atoms with Gasteiger partial charge in [-0.1, -0.05) is 18.2 Å². The number of fused-ring (bicyclic) bond motifs is 1. The highest BCUT2D eigenvalue weighted by atomic mass is 32.1. The zero-order valence-electron chi connectivity index (χ0n) is 13.8. The number of nitrogens with zero attached hydrogens (tertiary/aromatic N) is 1. The van der Waals surface area contributed by atoms with Crippen molar-refractivity contribution in [3.05, 3.63) is 52.5 Å². The molecule has 0 bridgehead atoms. The SMILES string of the molecule is COC(=O)C[C@@H](NC(=O)CCc1nc2ccccc2[nH]1)c1cccs1. The Balaban J connectivity index is 1.60. The van der Waals surface area contributed by atoms with Gasteiger partial charge in [0.2, 0.25) is 5.91 Å². The summed E-state index contributed by atoms with van der Waals surface area (Å²) in [7, 11) is 1.34. The van der Waals surface area contributed by atoms with Crippen LogP contribution in [0.1, 0.15) is 29.6 Å². The number of imidazole rings is 1. The molecule has 0 radical (unpaired) electrons. The lowest BCUT2D eigenvalue weighted by atomic mass is 10.1. The summed E-state index contributed by atoms with van der Waals surface area (Å²) < 4.78 is 4.72. The molecule has 0 fully saturated rings.